The van der Waals surface area contributed by atoms with Crippen LogP contribution in [0.1, 0.15) is 6.92 Å². The van der Waals surface area contributed by atoms with Crippen LogP contribution < -0.4 is 5.32 Å². The Labute approximate surface area is 43.9 Å². The zero-order chi connectivity index (χ0) is 5.54. The maximum atomic E-state index is 8.15. The van der Waals surface area contributed by atoms with Gasteiger partial charge in [0.25, 0.3) is 0 Å². The molecule has 0 spiro atoms. The Bertz CT molecular complexity index is 52.0. The average molecular weight is 101 g/mol. The number of aliphatic hydroxyl groups is 1. The Morgan fingerprint density at radius 3 is 2.86 bits per heavy atom. The highest BCUT2D eigenvalue weighted by molar-refractivity contribution is 4.78. The van der Waals surface area contributed by atoms with Crippen molar-refractivity contribution >= 4 is 0 Å². The Hall–Kier alpha value is -0.340. The Kier molecular flexibility index (Phi) is 5.39. The topological polar surface area (TPSA) is 32.3 Å². The smallest absolute Gasteiger partial charge is 0.0933 e. The molecule has 0 saturated heterocycles. The molecule has 0 fully saturated rings. The van der Waals surface area contributed by atoms with E-state index in [-0.39, 0.29) is 6.73 Å². The molecule has 0 aliphatic rings. The summed E-state index contributed by atoms with van der Waals surface area (Å²) in [6.07, 6.45) is 3.87. The molecule has 0 rings (SSSR count). The normalized spacial score (nSPS) is 10.6. The fraction of sp³-hybridized carbons (Fsp3) is 0.600. The van der Waals surface area contributed by atoms with Gasteiger partial charge in [0, 0.05) is 6.54 Å². The van der Waals surface area contributed by atoms with E-state index in [0.717, 1.165) is 6.54 Å². The van der Waals surface area contributed by atoms with Gasteiger partial charge in [-0.05, 0) is 6.92 Å². The van der Waals surface area contributed by atoms with Gasteiger partial charge in [0.1, 0.15) is 0 Å². The van der Waals surface area contributed by atoms with Gasteiger partial charge in [-0.25, -0.2) is 0 Å². The van der Waals surface area contributed by atoms with Crippen LogP contribution in [0.4, 0.5) is 0 Å². The van der Waals surface area contributed by atoms with Crippen molar-refractivity contribution in [1.29, 1.82) is 0 Å². The van der Waals surface area contributed by atoms with Crippen molar-refractivity contribution in [2.24, 2.45) is 0 Å². The second-order valence-electron chi connectivity index (χ2n) is 1.18. The van der Waals surface area contributed by atoms with Crippen LogP contribution in [0.5, 0.6) is 0 Å². The first-order chi connectivity index (χ1) is 3.41. The van der Waals surface area contributed by atoms with Gasteiger partial charge in [0.2, 0.25) is 0 Å². The summed E-state index contributed by atoms with van der Waals surface area (Å²) in [5.41, 5.74) is 0. The molecule has 0 aromatic carbocycles. The van der Waals surface area contributed by atoms with Gasteiger partial charge in [0.05, 0.1) is 6.73 Å². The summed E-state index contributed by atoms with van der Waals surface area (Å²) < 4.78 is 0. The van der Waals surface area contributed by atoms with E-state index in [0.29, 0.717) is 0 Å². The van der Waals surface area contributed by atoms with Crippen LogP contribution in [0.2, 0.25) is 0 Å². The third kappa shape index (κ3) is 5.66. The number of aliphatic hydroxyl groups excluding tert-OH is 1. The molecular formula is C5H11NO. The van der Waals surface area contributed by atoms with Gasteiger partial charge in [-0.2, -0.15) is 0 Å². The molecule has 0 aliphatic heterocycles. The Balaban J connectivity index is 2.69. The number of rotatable bonds is 3. The summed E-state index contributed by atoms with van der Waals surface area (Å²) in [6, 6.07) is 0. The molecule has 0 amide bonds. The minimum atomic E-state index is 0.0599. The van der Waals surface area contributed by atoms with Gasteiger partial charge in [-0.1, -0.05) is 12.2 Å². The molecule has 0 atom stereocenters. The van der Waals surface area contributed by atoms with Crippen molar-refractivity contribution in [2.45, 2.75) is 6.92 Å². The van der Waals surface area contributed by atoms with Crippen molar-refractivity contribution in [2.75, 3.05) is 13.3 Å². The van der Waals surface area contributed by atoms with Gasteiger partial charge < -0.3 is 5.11 Å². The zero-order valence-corrected chi connectivity index (χ0v) is 4.52. The lowest BCUT2D eigenvalue weighted by atomic mass is 10.5. The predicted molar refractivity (Wildman–Crippen MR) is 29.9 cm³/mol. The van der Waals surface area contributed by atoms with Crippen LogP contribution in [0, 0.1) is 0 Å². The zero-order valence-electron chi connectivity index (χ0n) is 4.52. The quantitative estimate of drug-likeness (QED) is 0.300. The minimum absolute atomic E-state index is 0.0599. The van der Waals surface area contributed by atoms with Crippen molar-refractivity contribution in [1.82, 2.24) is 5.32 Å². The summed E-state index contributed by atoms with van der Waals surface area (Å²) in [5, 5.41) is 10.9. The maximum absolute atomic E-state index is 8.15. The first-order valence-corrected chi connectivity index (χ1v) is 2.34. The molecular weight excluding hydrogens is 90.1 g/mol. The van der Waals surface area contributed by atoms with E-state index in [4.69, 9.17) is 5.11 Å². The fourth-order valence-corrected chi connectivity index (χ4v) is 0.266. The lowest BCUT2D eigenvalue weighted by Crippen LogP contribution is -2.13. The van der Waals surface area contributed by atoms with E-state index in [9.17, 15) is 0 Å². The molecule has 0 radical (unpaired) electrons. The van der Waals surface area contributed by atoms with Crippen LogP contribution in [0.3, 0.4) is 0 Å². The Morgan fingerprint density at radius 2 is 2.43 bits per heavy atom. The Morgan fingerprint density at radius 1 is 1.71 bits per heavy atom. The molecule has 2 N–H and O–H groups in total. The number of nitrogens with one attached hydrogen (secondary N) is 1. The lowest BCUT2D eigenvalue weighted by molar-refractivity contribution is 0.267. The SMILES string of the molecule is CC=CCNCO. The minimum Gasteiger partial charge on any atom is -0.381 e. The second kappa shape index (κ2) is 5.66. The molecule has 0 unspecified atom stereocenters. The van der Waals surface area contributed by atoms with Crippen LogP contribution in [-0.4, -0.2) is 18.4 Å². The van der Waals surface area contributed by atoms with E-state index >= 15 is 0 Å². The van der Waals surface area contributed by atoms with Crippen LogP contribution in [-0.2, 0) is 0 Å². The molecule has 0 aliphatic carbocycles. The predicted octanol–water partition coefficient (Wildman–Crippen LogP) is 0.102. The highest BCUT2D eigenvalue weighted by Gasteiger charge is 1.69. The van der Waals surface area contributed by atoms with Crippen LogP contribution in [0.15, 0.2) is 12.2 Å². The monoisotopic (exact) mass is 101 g/mol. The van der Waals surface area contributed by atoms with Gasteiger partial charge in [-0.15, -0.1) is 0 Å². The van der Waals surface area contributed by atoms with Gasteiger partial charge in [0.15, 0.2) is 0 Å². The second-order valence-corrected chi connectivity index (χ2v) is 1.18. The molecule has 0 saturated carbocycles. The molecule has 0 aromatic rings. The van der Waals surface area contributed by atoms with E-state index in [1.165, 1.54) is 0 Å². The largest absolute Gasteiger partial charge is 0.381 e. The average Bonchev–Trinajstić information content (AvgIpc) is 1.69. The van der Waals surface area contributed by atoms with Gasteiger partial charge in [-0.3, -0.25) is 5.32 Å². The summed E-state index contributed by atoms with van der Waals surface area (Å²) in [7, 11) is 0. The molecule has 0 aromatic heterocycles. The van der Waals surface area contributed by atoms with Crippen molar-refractivity contribution in [3.63, 3.8) is 0 Å². The summed E-state index contributed by atoms with van der Waals surface area (Å²) in [6.45, 7) is 2.76. The third-order valence-corrected chi connectivity index (χ3v) is 0.610. The van der Waals surface area contributed by atoms with E-state index in [2.05, 4.69) is 5.32 Å². The van der Waals surface area contributed by atoms with Crippen molar-refractivity contribution < 1.29 is 5.11 Å². The summed E-state index contributed by atoms with van der Waals surface area (Å²) >= 11 is 0. The van der Waals surface area contributed by atoms with E-state index < -0.39 is 0 Å². The van der Waals surface area contributed by atoms with Crippen LogP contribution >= 0.6 is 0 Å². The molecule has 7 heavy (non-hydrogen) atoms. The lowest BCUT2D eigenvalue weighted by Gasteiger charge is -1.89. The van der Waals surface area contributed by atoms with Crippen molar-refractivity contribution in [3.05, 3.63) is 12.2 Å². The number of allylic oxidation sites excluding steroid dienone is 1. The highest BCUT2D eigenvalue weighted by Crippen LogP contribution is 1.63. The first-order valence-electron chi connectivity index (χ1n) is 2.34. The first kappa shape index (κ1) is 6.66. The standard InChI is InChI=1S/C5H11NO/c1-2-3-4-6-5-7/h2-3,6-7H,4-5H2,1H3. The molecule has 2 nitrogen and oxygen atoms in total. The third-order valence-electron chi connectivity index (χ3n) is 0.610. The van der Waals surface area contributed by atoms with Gasteiger partial charge >= 0.3 is 0 Å². The molecule has 0 bridgehead atoms. The van der Waals surface area contributed by atoms with E-state index in [1.807, 2.05) is 19.1 Å². The number of hydrogen-bond acceptors (Lipinski definition) is 2. The molecule has 0 heterocycles. The molecule has 2 heteroatoms. The highest BCUT2D eigenvalue weighted by atomic mass is 16.3. The maximum Gasteiger partial charge on any atom is 0.0933 e. The van der Waals surface area contributed by atoms with Crippen molar-refractivity contribution in [3.8, 4) is 0 Å². The fourth-order valence-electron chi connectivity index (χ4n) is 0.266. The molecule has 42 valence electrons. The van der Waals surface area contributed by atoms with Crippen LogP contribution in [0.25, 0.3) is 0 Å². The summed E-state index contributed by atoms with van der Waals surface area (Å²) in [5.74, 6) is 0. The number of hydrogen-bond donors (Lipinski definition) is 2. The summed E-state index contributed by atoms with van der Waals surface area (Å²) in [4.78, 5) is 0. The van der Waals surface area contributed by atoms with E-state index in [1.54, 1.807) is 0 Å².